The molecule has 1 aliphatic heterocycles. The average Bonchev–Trinajstić information content (AvgIpc) is 3.24. The first-order valence-corrected chi connectivity index (χ1v) is 7.84. The summed E-state index contributed by atoms with van der Waals surface area (Å²) in [5, 5.41) is 2.31. The van der Waals surface area contributed by atoms with Crippen LogP contribution in [0.5, 0.6) is 11.5 Å². The number of H-pyrrole nitrogens is 1. The molecule has 0 spiro atoms. The molecule has 3 heterocycles. The molecule has 5 nitrogen and oxygen atoms in total. The zero-order valence-corrected chi connectivity index (χ0v) is 12.9. The first-order valence-electron chi connectivity index (χ1n) is 7.84. The summed E-state index contributed by atoms with van der Waals surface area (Å²) in [4.78, 5) is 8.25. The fourth-order valence-corrected chi connectivity index (χ4v) is 3.26. The summed E-state index contributed by atoms with van der Waals surface area (Å²) in [5.41, 5.74) is 10.7. The van der Waals surface area contributed by atoms with E-state index < -0.39 is 0 Å². The van der Waals surface area contributed by atoms with Crippen LogP contribution in [-0.2, 0) is 6.54 Å². The van der Waals surface area contributed by atoms with Crippen LogP contribution in [0, 0.1) is 0 Å². The quantitative estimate of drug-likeness (QED) is 0.593. The number of nitrogens with one attached hydrogen (secondary N) is 1. The van der Waals surface area contributed by atoms with Gasteiger partial charge in [0.15, 0.2) is 11.5 Å². The van der Waals surface area contributed by atoms with Gasteiger partial charge in [-0.1, -0.05) is 18.2 Å². The van der Waals surface area contributed by atoms with Crippen LogP contribution in [0.3, 0.4) is 0 Å². The van der Waals surface area contributed by atoms with Crippen LogP contribution in [0.1, 0.15) is 5.69 Å². The zero-order valence-electron chi connectivity index (χ0n) is 12.9. The van der Waals surface area contributed by atoms with Gasteiger partial charge in [-0.3, -0.25) is 0 Å². The first kappa shape index (κ1) is 13.4. The Morgan fingerprint density at radius 2 is 1.88 bits per heavy atom. The highest BCUT2D eigenvalue weighted by Gasteiger charge is 2.17. The number of ether oxygens (including phenoxy) is 2. The van der Waals surface area contributed by atoms with Crippen molar-refractivity contribution in [2.24, 2.45) is 5.73 Å². The van der Waals surface area contributed by atoms with E-state index in [9.17, 15) is 0 Å². The highest BCUT2D eigenvalue weighted by atomic mass is 16.7. The van der Waals surface area contributed by atoms with Crippen LogP contribution < -0.4 is 15.2 Å². The van der Waals surface area contributed by atoms with Crippen molar-refractivity contribution in [2.75, 3.05) is 6.79 Å². The summed E-state index contributed by atoms with van der Waals surface area (Å²) < 4.78 is 10.9. The molecule has 5 heteroatoms. The van der Waals surface area contributed by atoms with Gasteiger partial charge in [0.25, 0.3) is 0 Å². The third kappa shape index (κ3) is 1.88. The number of hydrogen-bond acceptors (Lipinski definition) is 4. The maximum absolute atomic E-state index is 5.87. The molecule has 0 radical (unpaired) electrons. The van der Waals surface area contributed by atoms with Gasteiger partial charge in [-0.25, -0.2) is 4.98 Å². The summed E-state index contributed by atoms with van der Waals surface area (Å²) >= 11 is 0. The number of nitrogens with zero attached hydrogens (tertiary/aromatic N) is 1. The third-order valence-electron chi connectivity index (χ3n) is 4.40. The summed E-state index contributed by atoms with van der Waals surface area (Å²) in [6.45, 7) is 0.657. The molecule has 0 atom stereocenters. The lowest BCUT2D eigenvalue weighted by Gasteiger charge is -2.07. The van der Waals surface area contributed by atoms with E-state index in [0.717, 1.165) is 44.9 Å². The first-order chi connectivity index (χ1) is 11.8. The lowest BCUT2D eigenvalue weighted by Crippen LogP contribution is -2.01. The molecule has 4 aromatic rings. The minimum Gasteiger partial charge on any atom is -0.454 e. The molecule has 0 unspecified atom stereocenters. The molecule has 0 saturated carbocycles. The van der Waals surface area contributed by atoms with E-state index in [2.05, 4.69) is 23.2 Å². The van der Waals surface area contributed by atoms with Crippen molar-refractivity contribution in [2.45, 2.75) is 6.54 Å². The number of rotatable bonds is 2. The topological polar surface area (TPSA) is 73.2 Å². The molecule has 118 valence electrons. The number of pyridine rings is 1. The Morgan fingerprint density at radius 1 is 1.00 bits per heavy atom. The lowest BCUT2D eigenvalue weighted by molar-refractivity contribution is 0.174. The van der Waals surface area contributed by atoms with E-state index in [4.69, 9.17) is 20.2 Å². The fraction of sp³-hybridized carbons (Fsp3) is 0.105. The van der Waals surface area contributed by atoms with Gasteiger partial charge in [-0.2, -0.15) is 0 Å². The molecule has 0 amide bonds. The standard InChI is InChI=1S/C19H15N3O2/c20-9-12-8-14-13-3-1-2-4-15(13)22-19(14)18(21-12)11-5-6-16-17(7-11)24-10-23-16/h1-8,22H,9-10,20H2. The Balaban J connectivity index is 1.83. The van der Waals surface area contributed by atoms with Gasteiger partial charge < -0.3 is 20.2 Å². The second-order valence-electron chi connectivity index (χ2n) is 5.83. The predicted molar refractivity (Wildman–Crippen MR) is 93.1 cm³/mol. The van der Waals surface area contributed by atoms with E-state index in [0.29, 0.717) is 6.54 Å². The SMILES string of the molecule is NCc1cc2c([nH]c3ccccc32)c(-c2ccc3c(c2)OCO3)n1. The minimum absolute atomic E-state index is 0.261. The van der Waals surface area contributed by atoms with Crippen molar-refractivity contribution in [1.82, 2.24) is 9.97 Å². The van der Waals surface area contributed by atoms with Gasteiger partial charge in [-0.15, -0.1) is 0 Å². The number of fused-ring (bicyclic) bond motifs is 4. The fourth-order valence-electron chi connectivity index (χ4n) is 3.26. The maximum atomic E-state index is 5.87. The molecule has 3 N–H and O–H groups in total. The van der Waals surface area contributed by atoms with Gasteiger partial charge in [-0.05, 0) is 30.3 Å². The van der Waals surface area contributed by atoms with Gasteiger partial charge in [0, 0.05) is 28.4 Å². The van der Waals surface area contributed by atoms with E-state index in [1.807, 2.05) is 30.3 Å². The number of benzene rings is 2. The summed E-state index contributed by atoms with van der Waals surface area (Å²) in [6, 6.07) is 16.2. The number of nitrogens with two attached hydrogens (primary N) is 1. The summed E-state index contributed by atoms with van der Waals surface area (Å²) in [7, 11) is 0. The van der Waals surface area contributed by atoms with Crippen molar-refractivity contribution >= 4 is 21.8 Å². The van der Waals surface area contributed by atoms with E-state index in [1.165, 1.54) is 5.39 Å². The van der Waals surface area contributed by atoms with E-state index >= 15 is 0 Å². The smallest absolute Gasteiger partial charge is 0.231 e. The van der Waals surface area contributed by atoms with Crippen molar-refractivity contribution in [3.05, 3.63) is 54.2 Å². The average molecular weight is 317 g/mol. The highest BCUT2D eigenvalue weighted by molar-refractivity contribution is 6.11. The number of para-hydroxylation sites is 1. The molecule has 5 rings (SSSR count). The van der Waals surface area contributed by atoms with Gasteiger partial charge >= 0.3 is 0 Å². The number of hydrogen-bond donors (Lipinski definition) is 2. The minimum atomic E-state index is 0.261. The Hall–Kier alpha value is -3.05. The van der Waals surface area contributed by atoms with Gasteiger partial charge in [0.05, 0.1) is 16.9 Å². The molecule has 1 aliphatic rings. The Kier molecular flexibility index (Phi) is 2.78. The normalized spacial score (nSPS) is 13.0. The molecule has 24 heavy (non-hydrogen) atoms. The Morgan fingerprint density at radius 3 is 2.79 bits per heavy atom. The maximum Gasteiger partial charge on any atom is 0.231 e. The Labute approximate surface area is 138 Å². The molecule has 2 aromatic heterocycles. The van der Waals surface area contributed by atoms with Gasteiger partial charge in [0.2, 0.25) is 6.79 Å². The van der Waals surface area contributed by atoms with E-state index in [1.54, 1.807) is 0 Å². The molecular formula is C19H15N3O2. The summed E-state index contributed by atoms with van der Waals surface area (Å²) in [5.74, 6) is 1.51. The summed E-state index contributed by atoms with van der Waals surface area (Å²) in [6.07, 6.45) is 0. The van der Waals surface area contributed by atoms with Crippen molar-refractivity contribution in [3.63, 3.8) is 0 Å². The Bertz CT molecular complexity index is 1080. The van der Waals surface area contributed by atoms with Crippen LogP contribution in [0.25, 0.3) is 33.1 Å². The second-order valence-corrected chi connectivity index (χ2v) is 5.83. The zero-order chi connectivity index (χ0) is 16.1. The van der Waals surface area contributed by atoms with E-state index in [-0.39, 0.29) is 6.79 Å². The van der Waals surface area contributed by atoms with Crippen LogP contribution >= 0.6 is 0 Å². The third-order valence-corrected chi connectivity index (χ3v) is 4.40. The van der Waals surface area contributed by atoms with Gasteiger partial charge in [0.1, 0.15) is 0 Å². The monoisotopic (exact) mass is 317 g/mol. The van der Waals surface area contributed by atoms with Crippen molar-refractivity contribution in [3.8, 4) is 22.8 Å². The van der Waals surface area contributed by atoms with Crippen molar-refractivity contribution < 1.29 is 9.47 Å². The van der Waals surface area contributed by atoms with Crippen LogP contribution in [-0.4, -0.2) is 16.8 Å². The molecular weight excluding hydrogens is 302 g/mol. The van der Waals surface area contributed by atoms with Crippen LogP contribution in [0.2, 0.25) is 0 Å². The molecule has 0 bridgehead atoms. The largest absolute Gasteiger partial charge is 0.454 e. The number of aromatic nitrogens is 2. The molecule has 0 fully saturated rings. The molecule has 0 aliphatic carbocycles. The second kappa shape index (κ2) is 4.97. The van der Waals surface area contributed by atoms with Crippen molar-refractivity contribution in [1.29, 1.82) is 0 Å². The molecule has 2 aromatic carbocycles. The molecule has 0 saturated heterocycles. The highest BCUT2D eigenvalue weighted by Crippen LogP contribution is 2.38. The predicted octanol–water partition coefficient (Wildman–Crippen LogP) is 3.57. The number of aromatic amines is 1. The lowest BCUT2D eigenvalue weighted by atomic mass is 10.1. The van der Waals surface area contributed by atoms with Crippen LogP contribution in [0.4, 0.5) is 0 Å². The van der Waals surface area contributed by atoms with Crippen LogP contribution in [0.15, 0.2) is 48.5 Å².